The SMILES string of the molecule is Cc1ccn2cc([C@@H]3CCCN3C(=O)O)nc2c1-c1ccccc1. The minimum atomic E-state index is -0.867. The first-order chi connectivity index (χ1) is 11.6. The van der Waals surface area contributed by atoms with Crippen LogP contribution in [0.3, 0.4) is 0 Å². The van der Waals surface area contributed by atoms with E-state index in [0.717, 1.165) is 40.9 Å². The molecule has 2 aromatic heterocycles. The van der Waals surface area contributed by atoms with E-state index in [1.807, 2.05) is 35.0 Å². The Balaban J connectivity index is 1.86. The van der Waals surface area contributed by atoms with E-state index in [1.54, 1.807) is 0 Å². The number of hydrogen-bond donors (Lipinski definition) is 1. The summed E-state index contributed by atoms with van der Waals surface area (Å²) >= 11 is 0. The highest BCUT2D eigenvalue weighted by atomic mass is 16.4. The van der Waals surface area contributed by atoms with Gasteiger partial charge in [0.25, 0.3) is 0 Å². The number of imidazole rings is 1. The molecule has 0 bridgehead atoms. The number of fused-ring (bicyclic) bond motifs is 1. The molecule has 0 saturated carbocycles. The van der Waals surface area contributed by atoms with Crippen LogP contribution in [0.25, 0.3) is 16.8 Å². The fourth-order valence-electron chi connectivity index (χ4n) is 3.59. The van der Waals surface area contributed by atoms with E-state index in [0.29, 0.717) is 6.54 Å². The summed E-state index contributed by atoms with van der Waals surface area (Å²) in [6.45, 7) is 2.66. The Kier molecular flexibility index (Phi) is 3.49. The Labute approximate surface area is 140 Å². The Bertz CT molecular complexity index is 902. The molecular formula is C19H19N3O2. The molecule has 4 rings (SSSR count). The molecule has 5 heteroatoms. The third kappa shape index (κ3) is 2.33. The summed E-state index contributed by atoms with van der Waals surface area (Å²) < 4.78 is 2.00. The van der Waals surface area contributed by atoms with Crippen molar-refractivity contribution >= 4 is 11.7 Å². The summed E-state index contributed by atoms with van der Waals surface area (Å²) in [7, 11) is 0. The minimum absolute atomic E-state index is 0.147. The van der Waals surface area contributed by atoms with Gasteiger partial charge in [0.15, 0.2) is 0 Å². The van der Waals surface area contributed by atoms with Gasteiger partial charge in [-0.2, -0.15) is 0 Å². The van der Waals surface area contributed by atoms with Crippen LogP contribution in [-0.4, -0.2) is 32.0 Å². The molecule has 1 N–H and O–H groups in total. The second-order valence-electron chi connectivity index (χ2n) is 6.27. The van der Waals surface area contributed by atoms with Gasteiger partial charge >= 0.3 is 6.09 Å². The van der Waals surface area contributed by atoms with Crippen LogP contribution in [0.5, 0.6) is 0 Å². The normalized spacial score (nSPS) is 17.5. The summed E-state index contributed by atoms with van der Waals surface area (Å²) in [6.07, 6.45) is 4.81. The lowest BCUT2D eigenvalue weighted by Crippen LogP contribution is -2.28. The molecule has 1 aliphatic rings. The van der Waals surface area contributed by atoms with Crippen LogP contribution in [0, 0.1) is 6.92 Å². The van der Waals surface area contributed by atoms with E-state index >= 15 is 0 Å². The van der Waals surface area contributed by atoms with Crippen LogP contribution in [0.4, 0.5) is 4.79 Å². The van der Waals surface area contributed by atoms with Gasteiger partial charge in [0.2, 0.25) is 0 Å². The highest BCUT2D eigenvalue weighted by Gasteiger charge is 2.31. The van der Waals surface area contributed by atoms with Crippen molar-refractivity contribution in [1.29, 1.82) is 0 Å². The van der Waals surface area contributed by atoms with Crippen molar-refractivity contribution in [1.82, 2.24) is 14.3 Å². The number of benzene rings is 1. The molecule has 3 heterocycles. The Morgan fingerprint density at radius 2 is 2.04 bits per heavy atom. The van der Waals surface area contributed by atoms with E-state index in [9.17, 15) is 9.90 Å². The van der Waals surface area contributed by atoms with Crippen LogP contribution < -0.4 is 0 Å². The molecule has 0 spiro atoms. The molecule has 1 saturated heterocycles. The van der Waals surface area contributed by atoms with Crippen LogP contribution in [0.2, 0.25) is 0 Å². The number of hydrogen-bond acceptors (Lipinski definition) is 2. The number of carboxylic acid groups (broad SMARTS) is 1. The predicted molar refractivity (Wildman–Crippen MR) is 92.1 cm³/mol. The zero-order valence-corrected chi connectivity index (χ0v) is 13.5. The van der Waals surface area contributed by atoms with Crippen molar-refractivity contribution in [3.05, 3.63) is 60.0 Å². The summed E-state index contributed by atoms with van der Waals surface area (Å²) in [5, 5.41) is 9.39. The van der Waals surface area contributed by atoms with E-state index in [2.05, 4.69) is 25.1 Å². The quantitative estimate of drug-likeness (QED) is 0.772. The van der Waals surface area contributed by atoms with Gasteiger partial charge in [0.1, 0.15) is 5.65 Å². The van der Waals surface area contributed by atoms with Gasteiger partial charge in [0, 0.05) is 24.5 Å². The van der Waals surface area contributed by atoms with E-state index in [1.165, 1.54) is 4.90 Å². The third-order valence-electron chi connectivity index (χ3n) is 4.76. The molecule has 122 valence electrons. The summed E-state index contributed by atoms with van der Waals surface area (Å²) in [6, 6.07) is 12.1. The van der Waals surface area contributed by atoms with Crippen molar-refractivity contribution in [3.8, 4) is 11.1 Å². The molecule has 1 fully saturated rings. The average molecular weight is 321 g/mol. The maximum absolute atomic E-state index is 11.4. The standard InChI is InChI=1S/C19H19N3O2/c1-13-9-11-21-12-15(16-8-5-10-22(16)19(23)24)20-18(21)17(13)14-6-3-2-4-7-14/h2-4,6-7,9,11-12,16H,5,8,10H2,1H3,(H,23,24)/t16-/m0/s1. The number of nitrogens with zero attached hydrogens (tertiary/aromatic N) is 3. The molecule has 0 aliphatic carbocycles. The topological polar surface area (TPSA) is 57.8 Å². The lowest BCUT2D eigenvalue weighted by molar-refractivity contribution is 0.139. The lowest BCUT2D eigenvalue weighted by atomic mass is 10.0. The van der Waals surface area contributed by atoms with Gasteiger partial charge in [-0.05, 0) is 37.0 Å². The Hall–Kier alpha value is -2.82. The largest absolute Gasteiger partial charge is 0.465 e. The van der Waals surface area contributed by atoms with Crippen molar-refractivity contribution in [2.45, 2.75) is 25.8 Å². The van der Waals surface area contributed by atoms with Crippen LogP contribution in [0.15, 0.2) is 48.8 Å². The monoisotopic (exact) mass is 321 g/mol. The van der Waals surface area contributed by atoms with E-state index in [4.69, 9.17) is 4.98 Å². The first-order valence-electron chi connectivity index (χ1n) is 8.18. The van der Waals surface area contributed by atoms with Gasteiger partial charge in [0.05, 0.1) is 11.7 Å². The van der Waals surface area contributed by atoms with Gasteiger partial charge in [-0.3, -0.25) is 4.90 Å². The second kappa shape index (κ2) is 5.67. The lowest BCUT2D eigenvalue weighted by Gasteiger charge is -2.19. The fraction of sp³-hybridized carbons (Fsp3) is 0.263. The Morgan fingerprint density at radius 1 is 1.25 bits per heavy atom. The van der Waals surface area contributed by atoms with Crippen LogP contribution in [-0.2, 0) is 0 Å². The Morgan fingerprint density at radius 3 is 2.79 bits per heavy atom. The molecule has 1 aromatic carbocycles. The van der Waals surface area contributed by atoms with Gasteiger partial charge < -0.3 is 9.51 Å². The molecule has 0 radical (unpaired) electrons. The average Bonchev–Trinajstić information content (AvgIpc) is 3.22. The van der Waals surface area contributed by atoms with Gasteiger partial charge in [-0.15, -0.1) is 0 Å². The van der Waals surface area contributed by atoms with E-state index in [-0.39, 0.29) is 6.04 Å². The predicted octanol–water partition coefficient (Wildman–Crippen LogP) is 4.12. The second-order valence-corrected chi connectivity index (χ2v) is 6.27. The maximum Gasteiger partial charge on any atom is 0.407 e. The van der Waals surface area contributed by atoms with Crippen molar-refractivity contribution in [3.63, 3.8) is 0 Å². The molecule has 1 aliphatic heterocycles. The number of likely N-dealkylation sites (tertiary alicyclic amines) is 1. The number of amides is 1. The summed E-state index contributed by atoms with van der Waals surface area (Å²) in [5.41, 5.74) is 5.10. The molecule has 1 amide bonds. The first-order valence-corrected chi connectivity index (χ1v) is 8.18. The zero-order chi connectivity index (χ0) is 16.7. The molecule has 1 atom stereocenters. The molecule has 24 heavy (non-hydrogen) atoms. The minimum Gasteiger partial charge on any atom is -0.465 e. The highest BCUT2D eigenvalue weighted by molar-refractivity contribution is 5.80. The molecule has 3 aromatic rings. The number of pyridine rings is 1. The van der Waals surface area contributed by atoms with Crippen molar-refractivity contribution in [2.24, 2.45) is 0 Å². The highest BCUT2D eigenvalue weighted by Crippen LogP contribution is 2.34. The van der Waals surface area contributed by atoms with E-state index < -0.39 is 6.09 Å². The number of aryl methyl sites for hydroxylation is 1. The number of aromatic nitrogens is 2. The smallest absolute Gasteiger partial charge is 0.407 e. The van der Waals surface area contributed by atoms with Crippen LogP contribution in [0.1, 0.15) is 30.1 Å². The summed E-state index contributed by atoms with van der Waals surface area (Å²) in [4.78, 5) is 17.8. The van der Waals surface area contributed by atoms with Gasteiger partial charge in [-0.1, -0.05) is 30.3 Å². The summed E-state index contributed by atoms with van der Waals surface area (Å²) in [5.74, 6) is 0. The molecular weight excluding hydrogens is 302 g/mol. The van der Waals surface area contributed by atoms with Crippen LogP contribution >= 0.6 is 0 Å². The number of rotatable bonds is 2. The van der Waals surface area contributed by atoms with Crippen molar-refractivity contribution < 1.29 is 9.90 Å². The van der Waals surface area contributed by atoms with Crippen molar-refractivity contribution in [2.75, 3.05) is 6.54 Å². The maximum atomic E-state index is 11.4. The third-order valence-corrected chi connectivity index (χ3v) is 4.76. The zero-order valence-electron chi connectivity index (χ0n) is 13.5. The first kappa shape index (κ1) is 14.8. The molecule has 0 unspecified atom stereocenters. The fourth-order valence-corrected chi connectivity index (χ4v) is 3.59. The molecule has 5 nitrogen and oxygen atoms in total. The van der Waals surface area contributed by atoms with Gasteiger partial charge in [-0.25, -0.2) is 9.78 Å². The number of carbonyl (C=O) groups is 1.